The molecule has 0 radical (unpaired) electrons. The Kier molecular flexibility index (Phi) is 6.01. The molecule has 0 amide bonds. The van der Waals surface area contributed by atoms with Gasteiger partial charge < -0.3 is 19.5 Å². The van der Waals surface area contributed by atoms with Gasteiger partial charge in [-0.1, -0.05) is 12.1 Å². The minimum Gasteiger partial charge on any atom is -0.497 e. The highest BCUT2D eigenvalue weighted by molar-refractivity contribution is 5.98. The molecular weight excluding hydrogens is 310 g/mol. The molecule has 0 spiro atoms. The number of carbonyl (C=O) groups excluding carboxylic acids is 2. The summed E-state index contributed by atoms with van der Waals surface area (Å²) in [6.07, 6.45) is 3.10. The van der Waals surface area contributed by atoms with E-state index < -0.39 is 17.9 Å². The van der Waals surface area contributed by atoms with Crippen LogP contribution in [0.5, 0.6) is 5.75 Å². The molecule has 0 saturated heterocycles. The first-order valence-corrected chi connectivity index (χ1v) is 7.76. The molecule has 2 rings (SSSR count). The average molecular weight is 331 g/mol. The van der Waals surface area contributed by atoms with Gasteiger partial charge in [0.1, 0.15) is 5.75 Å². The molecule has 1 aliphatic heterocycles. The van der Waals surface area contributed by atoms with Crippen molar-refractivity contribution >= 4 is 11.9 Å². The van der Waals surface area contributed by atoms with E-state index in [-0.39, 0.29) is 13.2 Å². The highest BCUT2D eigenvalue weighted by Crippen LogP contribution is 2.35. The van der Waals surface area contributed by atoms with Crippen LogP contribution in [-0.2, 0) is 19.1 Å². The minimum atomic E-state index is -0.560. The van der Waals surface area contributed by atoms with Gasteiger partial charge in [-0.25, -0.2) is 9.59 Å². The zero-order valence-corrected chi connectivity index (χ0v) is 14.0. The molecule has 1 N–H and O–H groups in total. The summed E-state index contributed by atoms with van der Waals surface area (Å²) in [6.45, 7) is 3.98. The van der Waals surface area contributed by atoms with Crippen LogP contribution in [0.4, 0.5) is 0 Å². The van der Waals surface area contributed by atoms with Crippen molar-refractivity contribution in [3.8, 4) is 5.75 Å². The normalized spacial score (nSPS) is 14.1. The number of hydrogen-bond donors (Lipinski definition) is 1. The Balaban J connectivity index is 2.42. The predicted octanol–water partition coefficient (Wildman–Crippen LogP) is 2.28. The maximum atomic E-state index is 12.3. The van der Waals surface area contributed by atoms with Crippen LogP contribution < -0.4 is 10.1 Å². The zero-order valence-electron chi connectivity index (χ0n) is 14.0. The monoisotopic (exact) mass is 331 g/mol. The molecule has 0 bridgehead atoms. The molecule has 1 aliphatic rings. The van der Waals surface area contributed by atoms with Crippen LogP contribution in [0.3, 0.4) is 0 Å². The van der Waals surface area contributed by atoms with Crippen molar-refractivity contribution in [1.29, 1.82) is 0 Å². The summed E-state index contributed by atoms with van der Waals surface area (Å²) >= 11 is 0. The fraction of sp³-hybridized carbons (Fsp3) is 0.333. The first kappa shape index (κ1) is 17.6. The fourth-order valence-electron chi connectivity index (χ4n) is 2.49. The fourth-order valence-corrected chi connectivity index (χ4v) is 2.49. The van der Waals surface area contributed by atoms with Crippen molar-refractivity contribution in [2.24, 2.45) is 0 Å². The van der Waals surface area contributed by atoms with Gasteiger partial charge in [-0.2, -0.15) is 0 Å². The first-order chi connectivity index (χ1) is 11.6. The highest BCUT2D eigenvalue weighted by Gasteiger charge is 2.33. The Morgan fingerprint density at radius 3 is 1.88 bits per heavy atom. The second-order valence-electron chi connectivity index (χ2n) is 5.01. The quantitative estimate of drug-likeness (QED) is 0.806. The lowest BCUT2D eigenvalue weighted by Gasteiger charge is -2.25. The lowest BCUT2D eigenvalue weighted by atomic mass is 9.83. The van der Waals surface area contributed by atoms with Crippen molar-refractivity contribution in [3.63, 3.8) is 0 Å². The molecule has 0 unspecified atom stereocenters. The van der Waals surface area contributed by atoms with Crippen LogP contribution in [0.25, 0.3) is 0 Å². The Morgan fingerprint density at radius 2 is 1.46 bits per heavy atom. The van der Waals surface area contributed by atoms with Crippen molar-refractivity contribution in [3.05, 3.63) is 53.4 Å². The van der Waals surface area contributed by atoms with Crippen molar-refractivity contribution in [2.75, 3.05) is 20.3 Å². The van der Waals surface area contributed by atoms with Crippen molar-refractivity contribution in [2.45, 2.75) is 19.8 Å². The van der Waals surface area contributed by atoms with Crippen LogP contribution in [0.2, 0.25) is 0 Å². The molecule has 1 aromatic carbocycles. The summed E-state index contributed by atoms with van der Waals surface area (Å²) in [5.41, 5.74) is 1.48. The van der Waals surface area contributed by atoms with Crippen molar-refractivity contribution < 1.29 is 23.8 Å². The van der Waals surface area contributed by atoms with Gasteiger partial charge in [0.05, 0.1) is 37.4 Å². The number of ether oxygens (including phenoxy) is 3. The Morgan fingerprint density at radius 1 is 0.958 bits per heavy atom. The molecule has 0 aromatic heterocycles. The third-order valence-electron chi connectivity index (χ3n) is 3.57. The molecule has 0 aliphatic carbocycles. The van der Waals surface area contributed by atoms with Gasteiger partial charge >= 0.3 is 11.9 Å². The van der Waals surface area contributed by atoms with Gasteiger partial charge in [-0.05, 0) is 31.5 Å². The van der Waals surface area contributed by atoms with E-state index in [1.54, 1.807) is 45.5 Å². The topological polar surface area (TPSA) is 73.9 Å². The summed E-state index contributed by atoms with van der Waals surface area (Å²) in [7, 11) is 1.58. The number of carbonyl (C=O) groups is 2. The molecule has 128 valence electrons. The van der Waals surface area contributed by atoms with E-state index in [2.05, 4.69) is 5.32 Å². The van der Waals surface area contributed by atoms with E-state index in [9.17, 15) is 9.59 Å². The Labute approximate surface area is 141 Å². The van der Waals surface area contributed by atoms with Gasteiger partial charge in [-0.15, -0.1) is 0 Å². The number of esters is 2. The van der Waals surface area contributed by atoms with Gasteiger partial charge in [0.15, 0.2) is 0 Å². The standard InChI is InChI=1S/C18H21NO5/c1-4-23-17(20)14-10-19-11-15(18(21)24-5-2)16(14)12-6-8-13(22-3)9-7-12/h6-11,16,19H,4-5H2,1-3H3. The molecular formula is C18H21NO5. The summed E-state index contributed by atoms with van der Waals surface area (Å²) in [5.74, 6) is -0.812. The molecule has 0 fully saturated rings. The van der Waals surface area contributed by atoms with Gasteiger partial charge in [0.25, 0.3) is 0 Å². The van der Waals surface area contributed by atoms with Crippen molar-refractivity contribution in [1.82, 2.24) is 5.32 Å². The van der Waals surface area contributed by atoms with E-state index in [4.69, 9.17) is 14.2 Å². The SMILES string of the molecule is CCOC(=O)C1=CNC=C(C(=O)OCC)C1c1ccc(OC)cc1. The number of hydrogen-bond acceptors (Lipinski definition) is 6. The molecule has 6 heteroatoms. The van der Waals surface area contributed by atoms with E-state index in [1.807, 2.05) is 12.1 Å². The molecule has 6 nitrogen and oxygen atoms in total. The summed E-state index contributed by atoms with van der Waals surface area (Å²) in [4.78, 5) is 24.6. The van der Waals surface area contributed by atoms with Gasteiger partial charge in [0.2, 0.25) is 0 Å². The second-order valence-corrected chi connectivity index (χ2v) is 5.01. The molecule has 0 saturated carbocycles. The largest absolute Gasteiger partial charge is 0.497 e. The number of dihydropyridines is 1. The van der Waals surface area contributed by atoms with Gasteiger partial charge in [0, 0.05) is 12.4 Å². The average Bonchev–Trinajstić information content (AvgIpc) is 2.61. The third kappa shape index (κ3) is 3.76. The second kappa shape index (κ2) is 8.19. The van der Waals surface area contributed by atoms with Crippen LogP contribution in [0.1, 0.15) is 25.3 Å². The molecule has 1 aromatic rings. The number of rotatable bonds is 6. The molecule has 24 heavy (non-hydrogen) atoms. The van der Waals surface area contributed by atoms with Crippen LogP contribution in [0, 0.1) is 0 Å². The first-order valence-electron chi connectivity index (χ1n) is 7.76. The zero-order chi connectivity index (χ0) is 17.5. The number of benzene rings is 1. The highest BCUT2D eigenvalue weighted by atomic mass is 16.5. The van der Waals surface area contributed by atoms with E-state index in [0.717, 1.165) is 5.56 Å². The smallest absolute Gasteiger partial charge is 0.336 e. The molecule has 0 atom stereocenters. The van der Waals surface area contributed by atoms with E-state index in [0.29, 0.717) is 16.9 Å². The van der Waals surface area contributed by atoms with Crippen LogP contribution in [-0.4, -0.2) is 32.3 Å². The number of methoxy groups -OCH3 is 1. The van der Waals surface area contributed by atoms with Gasteiger partial charge in [-0.3, -0.25) is 0 Å². The maximum Gasteiger partial charge on any atom is 0.336 e. The van der Waals surface area contributed by atoms with E-state index >= 15 is 0 Å². The summed E-state index contributed by atoms with van der Waals surface area (Å²) < 4.78 is 15.4. The Hall–Kier alpha value is -2.76. The summed E-state index contributed by atoms with van der Waals surface area (Å²) in [6, 6.07) is 7.19. The minimum absolute atomic E-state index is 0.254. The predicted molar refractivity (Wildman–Crippen MR) is 88.3 cm³/mol. The third-order valence-corrected chi connectivity index (χ3v) is 3.57. The van der Waals surface area contributed by atoms with Crippen LogP contribution in [0.15, 0.2) is 47.8 Å². The van der Waals surface area contributed by atoms with Crippen LogP contribution >= 0.6 is 0 Å². The number of nitrogens with one attached hydrogen (secondary N) is 1. The maximum absolute atomic E-state index is 12.3. The lowest BCUT2D eigenvalue weighted by Crippen LogP contribution is -2.27. The molecule has 1 heterocycles. The van der Waals surface area contributed by atoms with E-state index in [1.165, 1.54) is 0 Å². The Bertz CT molecular complexity index is 626. The lowest BCUT2D eigenvalue weighted by molar-refractivity contribution is -0.139. The summed E-state index contributed by atoms with van der Waals surface area (Å²) in [5, 5.41) is 2.84.